The molecule has 0 saturated heterocycles. The maximum Gasteiger partial charge on any atom is 0.328 e. The fraction of sp³-hybridized carbons (Fsp3) is 0.200. The van der Waals surface area contributed by atoms with Crippen LogP contribution in [0.4, 0.5) is 0 Å². The predicted octanol–water partition coefficient (Wildman–Crippen LogP) is 2.95. The van der Waals surface area contributed by atoms with Crippen LogP contribution >= 0.6 is 0 Å². The molecule has 2 aliphatic rings. The van der Waals surface area contributed by atoms with Gasteiger partial charge in [-0.15, -0.1) is 0 Å². The Kier molecular flexibility index (Phi) is 6.01. The van der Waals surface area contributed by atoms with Crippen molar-refractivity contribution in [3.05, 3.63) is 53.6 Å². The molecule has 0 saturated carbocycles. The maximum atomic E-state index is 10.4. The molecule has 0 radical (unpaired) electrons. The summed E-state index contributed by atoms with van der Waals surface area (Å²) in [5.41, 5.74) is 1.73. The Morgan fingerprint density at radius 3 is 2.11 bits per heavy atom. The summed E-state index contributed by atoms with van der Waals surface area (Å²) < 4.78 is 20.6. The van der Waals surface area contributed by atoms with Gasteiger partial charge in [0.15, 0.2) is 23.0 Å². The second-order valence-corrected chi connectivity index (χ2v) is 5.87. The highest BCUT2D eigenvalue weighted by molar-refractivity contribution is 5.85. The molecule has 2 aliphatic heterocycles. The molecule has 146 valence electrons. The van der Waals surface area contributed by atoms with Gasteiger partial charge in [0.1, 0.15) is 0 Å². The lowest BCUT2D eigenvalue weighted by molar-refractivity contribution is -0.137. The molecule has 0 fully saturated rings. The van der Waals surface area contributed by atoms with Crippen LogP contribution in [0, 0.1) is 0 Å². The Balaban J connectivity index is 0.000000161. The average molecular weight is 386 g/mol. The van der Waals surface area contributed by atoms with Crippen LogP contribution in [0.15, 0.2) is 42.5 Å². The number of ether oxygens (including phenoxy) is 4. The quantitative estimate of drug-likeness (QED) is 0.755. The normalized spacial score (nSPS) is 13.1. The van der Waals surface area contributed by atoms with Crippen molar-refractivity contribution in [2.24, 2.45) is 0 Å². The first-order chi connectivity index (χ1) is 13.5. The molecule has 0 unspecified atom stereocenters. The van der Waals surface area contributed by atoms with E-state index in [9.17, 15) is 9.59 Å². The first-order valence-electron chi connectivity index (χ1n) is 8.42. The van der Waals surface area contributed by atoms with Gasteiger partial charge in [0.25, 0.3) is 0 Å². The summed E-state index contributed by atoms with van der Waals surface area (Å²) in [4.78, 5) is 20.6. The molecule has 0 amide bonds. The lowest BCUT2D eigenvalue weighted by atomic mass is 10.1. The van der Waals surface area contributed by atoms with Crippen molar-refractivity contribution < 1.29 is 38.7 Å². The fourth-order valence-electron chi connectivity index (χ4n) is 2.53. The van der Waals surface area contributed by atoms with E-state index in [4.69, 9.17) is 29.2 Å². The van der Waals surface area contributed by atoms with Crippen LogP contribution in [-0.2, 0) is 16.0 Å². The van der Waals surface area contributed by atoms with Crippen LogP contribution in [0.25, 0.3) is 6.08 Å². The molecule has 2 heterocycles. The van der Waals surface area contributed by atoms with Crippen molar-refractivity contribution in [3.8, 4) is 23.0 Å². The van der Waals surface area contributed by atoms with Crippen molar-refractivity contribution in [2.45, 2.75) is 12.8 Å². The molecule has 2 aromatic carbocycles. The van der Waals surface area contributed by atoms with Crippen LogP contribution < -0.4 is 18.9 Å². The molecule has 0 bridgehead atoms. The highest BCUT2D eigenvalue weighted by atomic mass is 16.7. The van der Waals surface area contributed by atoms with Gasteiger partial charge >= 0.3 is 11.9 Å². The first kappa shape index (κ1) is 19.1. The lowest BCUT2D eigenvalue weighted by Crippen LogP contribution is -1.97. The molecular formula is C20H18O8. The largest absolute Gasteiger partial charge is 0.481 e. The van der Waals surface area contributed by atoms with E-state index in [2.05, 4.69) is 0 Å². The Bertz CT molecular complexity index is 903. The molecule has 8 nitrogen and oxygen atoms in total. The van der Waals surface area contributed by atoms with E-state index in [1.165, 1.54) is 6.08 Å². The lowest BCUT2D eigenvalue weighted by Gasteiger charge is -2.00. The minimum absolute atomic E-state index is 0.139. The SMILES string of the molecule is O=C(O)/C=C/c1ccc2c(c1)OCO2.O=C(O)CCc1ccc2c(c1)OCO2. The van der Waals surface area contributed by atoms with Crippen LogP contribution in [0.3, 0.4) is 0 Å². The predicted molar refractivity (Wildman–Crippen MR) is 97.8 cm³/mol. The Morgan fingerprint density at radius 2 is 1.46 bits per heavy atom. The number of aryl methyl sites for hydroxylation is 1. The Labute approximate surface area is 160 Å². The fourth-order valence-corrected chi connectivity index (χ4v) is 2.53. The summed E-state index contributed by atoms with van der Waals surface area (Å²) in [7, 11) is 0. The van der Waals surface area contributed by atoms with Crippen LogP contribution in [0.1, 0.15) is 17.5 Å². The smallest absolute Gasteiger partial charge is 0.328 e. The number of hydrogen-bond acceptors (Lipinski definition) is 6. The van der Waals surface area contributed by atoms with Gasteiger partial charge in [0, 0.05) is 12.5 Å². The zero-order valence-corrected chi connectivity index (χ0v) is 14.8. The van der Waals surface area contributed by atoms with E-state index in [1.54, 1.807) is 24.3 Å². The van der Waals surface area contributed by atoms with Crippen LogP contribution in [-0.4, -0.2) is 35.7 Å². The number of fused-ring (bicyclic) bond motifs is 2. The summed E-state index contributed by atoms with van der Waals surface area (Å²) in [5, 5.41) is 16.9. The van der Waals surface area contributed by atoms with Gasteiger partial charge in [-0.25, -0.2) is 4.79 Å². The zero-order valence-electron chi connectivity index (χ0n) is 14.8. The van der Waals surface area contributed by atoms with E-state index in [0.717, 1.165) is 23.0 Å². The van der Waals surface area contributed by atoms with E-state index in [-0.39, 0.29) is 20.0 Å². The van der Waals surface area contributed by atoms with Gasteiger partial charge in [-0.2, -0.15) is 0 Å². The number of carboxylic acids is 2. The minimum atomic E-state index is -0.970. The van der Waals surface area contributed by atoms with Gasteiger partial charge in [0.05, 0.1) is 0 Å². The van der Waals surface area contributed by atoms with Gasteiger partial charge in [-0.1, -0.05) is 12.1 Å². The monoisotopic (exact) mass is 386 g/mol. The summed E-state index contributed by atoms with van der Waals surface area (Å²) in [6.45, 7) is 0.471. The van der Waals surface area contributed by atoms with Gasteiger partial charge in [0.2, 0.25) is 13.6 Å². The summed E-state index contributed by atoms with van der Waals surface area (Å²) >= 11 is 0. The number of benzene rings is 2. The number of carbonyl (C=O) groups is 2. The van der Waals surface area contributed by atoms with Crippen LogP contribution in [0.2, 0.25) is 0 Å². The van der Waals surface area contributed by atoms with E-state index in [0.29, 0.717) is 23.7 Å². The van der Waals surface area contributed by atoms with Gasteiger partial charge < -0.3 is 29.2 Å². The van der Waals surface area contributed by atoms with Crippen molar-refractivity contribution in [2.75, 3.05) is 13.6 Å². The molecular weight excluding hydrogens is 368 g/mol. The third kappa shape index (κ3) is 5.16. The van der Waals surface area contributed by atoms with E-state index >= 15 is 0 Å². The minimum Gasteiger partial charge on any atom is -0.481 e. The Hall–Kier alpha value is -3.68. The summed E-state index contributed by atoms with van der Waals surface area (Å²) in [6.07, 6.45) is 3.24. The summed E-state index contributed by atoms with van der Waals surface area (Å²) in [5.74, 6) is 1.01. The highest BCUT2D eigenvalue weighted by Gasteiger charge is 2.13. The van der Waals surface area contributed by atoms with Crippen molar-refractivity contribution in [1.82, 2.24) is 0 Å². The third-order valence-electron chi connectivity index (χ3n) is 3.88. The van der Waals surface area contributed by atoms with Gasteiger partial charge in [-0.05, 0) is 47.9 Å². The first-order valence-corrected chi connectivity index (χ1v) is 8.42. The maximum absolute atomic E-state index is 10.4. The van der Waals surface area contributed by atoms with Crippen LogP contribution in [0.5, 0.6) is 23.0 Å². The van der Waals surface area contributed by atoms with Crippen molar-refractivity contribution in [1.29, 1.82) is 0 Å². The molecule has 0 atom stereocenters. The molecule has 0 spiro atoms. The van der Waals surface area contributed by atoms with E-state index in [1.807, 2.05) is 12.1 Å². The van der Waals surface area contributed by atoms with Crippen molar-refractivity contribution in [3.63, 3.8) is 0 Å². The molecule has 0 aliphatic carbocycles. The molecule has 2 aromatic rings. The molecule has 4 rings (SSSR count). The summed E-state index contributed by atoms with van der Waals surface area (Å²) in [6, 6.07) is 10.7. The average Bonchev–Trinajstić information content (AvgIpc) is 3.33. The molecule has 0 aromatic heterocycles. The number of rotatable bonds is 5. The standard InChI is InChI=1S/C10H10O4.C10H8O4/c2*11-10(12)4-2-7-1-3-8-9(5-7)14-6-13-8/h1,3,5H,2,4,6H2,(H,11,12);1-5H,6H2,(H,11,12)/b;4-2+. The highest BCUT2D eigenvalue weighted by Crippen LogP contribution is 2.33. The number of aliphatic carboxylic acids is 2. The Morgan fingerprint density at radius 1 is 0.857 bits per heavy atom. The molecule has 8 heteroatoms. The second-order valence-electron chi connectivity index (χ2n) is 5.87. The molecule has 2 N–H and O–H groups in total. The van der Waals surface area contributed by atoms with Crippen molar-refractivity contribution >= 4 is 18.0 Å². The third-order valence-corrected chi connectivity index (χ3v) is 3.88. The topological polar surface area (TPSA) is 112 Å². The van der Waals surface area contributed by atoms with E-state index < -0.39 is 11.9 Å². The number of carboxylic acid groups (broad SMARTS) is 2. The van der Waals surface area contributed by atoms with Gasteiger partial charge in [-0.3, -0.25) is 4.79 Å². The zero-order chi connectivity index (χ0) is 19.9. The number of hydrogen-bond donors (Lipinski definition) is 2. The second kappa shape index (κ2) is 8.81. The molecule has 28 heavy (non-hydrogen) atoms.